The summed E-state index contributed by atoms with van der Waals surface area (Å²) in [4.78, 5) is 0. The molecule has 4 heteroatoms. The minimum Gasteiger partial charge on any atom is -0.493 e. The Morgan fingerprint density at radius 1 is 1.28 bits per heavy atom. The lowest BCUT2D eigenvalue weighted by atomic mass is 9.92. The summed E-state index contributed by atoms with van der Waals surface area (Å²) in [6, 6.07) is 4.18. The van der Waals surface area contributed by atoms with Crippen molar-refractivity contribution in [1.29, 1.82) is 0 Å². The van der Waals surface area contributed by atoms with Gasteiger partial charge in [-0.25, -0.2) is 0 Å². The number of methoxy groups -OCH3 is 2. The second-order valence-corrected chi connectivity index (χ2v) is 4.80. The van der Waals surface area contributed by atoms with Gasteiger partial charge in [-0.05, 0) is 30.7 Å². The molecular formula is C14H22ClNO2. The van der Waals surface area contributed by atoms with E-state index in [1.807, 2.05) is 19.2 Å². The first kappa shape index (κ1) is 15.1. The number of nitrogens with one attached hydrogen (secondary N) is 1. The molecule has 3 nitrogen and oxygen atoms in total. The van der Waals surface area contributed by atoms with Gasteiger partial charge in [0.15, 0.2) is 11.5 Å². The Morgan fingerprint density at radius 3 is 2.39 bits per heavy atom. The van der Waals surface area contributed by atoms with E-state index >= 15 is 0 Å². The number of benzene rings is 1. The van der Waals surface area contributed by atoms with Crippen LogP contribution in [0.2, 0.25) is 5.02 Å². The van der Waals surface area contributed by atoms with Gasteiger partial charge in [0.1, 0.15) is 0 Å². The fourth-order valence-electron chi connectivity index (χ4n) is 2.13. The van der Waals surface area contributed by atoms with E-state index in [1.54, 1.807) is 14.2 Å². The minimum absolute atomic E-state index is 0.257. The number of ether oxygens (including phenoxy) is 2. The smallest absolute Gasteiger partial charge is 0.179 e. The van der Waals surface area contributed by atoms with E-state index in [4.69, 9.17) is 21.1 Å². The lowest BCUT2D eigenvalue weighted by Crippen LogP contribution is -2.23. The van der Waals surface area contributed by atoms with Crippen molar-refractivity contribution in [2.45, 2.75) is 26.3 Å². The van der Waals surface area contributed by atoms with Gasteiger partial charge in [0.2, 0.25) is 0 Å². The van der Waals surface area contributed by atoms with Crippen LogP contribution < -0.4 is 14.8 Å². The maximum Gasteiger partial charge on any atom is 0.179 e. The van der Waals surface area contributed by atoms with Crippen LogP contribution in [0.25, 0.3) is 0 Å². The largest absolute Gasteiger partial charge is 0.493 e. The average molecular weight is 272 g/mol. The molecule has 0 aliphatic rings. The lowest BCUT2D eigenvalue weighted by Gasteiger charge is -2.24. The molecule has 0 fully saturated rings. The standard InChI is InChI=1S/C14H22ClNO2/c1-6-9(2)13(16-3)10-7-11(15)14(18-5)12(8-10)17-4/h7-9,13,16H,6H2,1-5H3. The highest BCUT2D eigenvalue weighted by Crippen LogP contribution is 2.39. The molecule has 1 aromatic rings. The molecule has 0 heterocycles. The monoisotopic (exact) mass is 271 g/mol. The van der Waals surface area contributed by atoms with Crippen molar-refractivity contribution in [3.63, 3.8) is 0 Å². The maximum absolute atomic E-state index is 6.23. The van der Waals surface area contributed by atoms with Gasteiger partial charge in [-0.3, -0.25) is 0 Å². The van der Waals surface area contributed by atoms with E-state index in [0.717, 1.165) is 12.0 Å². The van der Waals surface area contributed by atoms with Crippen molar-refractivity contribution in [2.24, 2.45) is 5.92 Å². The van der Waals surface area contributed by atoms with E-state index in [0.29, 0.717) is 22.4 Å². The van der Waals surface area contributed by atoms with Crippen molar-refractivity contribution in [3.05, 3.63) is 22.7 Å². The minimum atomic E-state index is 0.257. The third-order valence-corrected chi connectivity index (χ3v) is 3.62. The number of hydrogen-bond acceptors (Lipinski definition) is 3. The molecule has 0 amide bonds. The quantitative estimate of drug-likeness (QED) is 0.856. The van der Waals surface area contributed by atoms with E-state index in [1.165, 1.54) is 0 Å². The van der Waals surface area contributed by atoms with E-state index in [9.17, 15) is 0 Å². The van der Waals surface area contributed by atoms with Crippen LogP contribution >= 0.6 is 11.6 Å². The highest BCUT2D eigenvalue weighted by molar-refractivity contribution is 6.32. The molecule has 0 radical (unpaired) electrons. The number of halogens is 1. The summed E-state index contributed by atoms with van der Waals surface area (Å²) < 4.78 is 10.6. The van der Waals surface area contributed by atoms with Crippen molar-refractivity contribution in [2.75, 3.05) is 21.3 Å². The highest BCUT2D eigenvalue weighted by Gasteiger charge is 2.20. The molecule has 1 N–H and O–H groups in total. The number of rotatable bonds is 6. The Labute approximate surface area is 114 Å². The van der Waals surface area contributed by atoms with Gasteiger partial charge in [0.25, 0.3) is 0 Å². The summed E-state index contributed by atoms with van der Waals surface area (Å²) in [6.45, 7) is 4.39. The van der Waals surface area contributed by atoms with Crippen molar-refractivity contribution in [1.82, 2.24) is 5.32 Å². The predicted octanol–water partition coefficient (Wildman–Crippen LogP) is 3.66. The Morgan fingerprint density at radius 2 is 1.94 bits per heavy atom. The van der Waals surface area contributed by atoms with Gasteiger partial charge in [-0.2, -0.15) is 0 Å². The molecule has 0 aliphatic carbocycles. The first-order valence-corrected chi connectivity index (χ1v) is 6.55. The highest BCUT2D eigenvalue weighted by atomic mass is 35.5. The van der Waals surface area contributed by atoms with Crippen LogP contribution in [0.3, 0.4) is 0 Å². The second-order valence-electron chi connectivity index (χ2n) is 4.39. The van der Waals surface area contributed by atoms with Crippen molar-refractivity contribution >= 4 is 11.6 Å². The molecule has 2 unspecified atom stereocenters. The topological polar surface area (TPSA) is 30.5 Å². The maximum atomic E-state index is 6.23. The van der Waals surface area contributed by atoms with Crippen molar-refractivity contribution in [3.8, 4) is 11.5 Å². The van der Waals surface area contributed by atoms with Gasteiger partial charge >= 0.3 is 0 Å². The van der Waals surface area contributed by atoms with E-state index in [-0.39, 0.29) is 6.04 Å². The zero-order chi connectivity index (χ0) is 13.7. The molecule has 1 aromatic carbocycles. The van der Waals surface area contributed by atoms with Crippen LogP contribution in [0, 0.1) is 5.92 Å². The molecule has 2 atom stereocenters. The summed E-state index contributed by atoms with van der Waals surface area (Å²) >= 11 is 6.23. The molecule has 0 bridgehead atoms. The summed E-state index contributed by atoms with van der Waals surface area (Å²) in [5.41, 5.74) is 1.12. The van der Waals surface area contributed by atoms with Crippen LogP contribution in [-0.2, 0) is 0 Å². The SMILES string of the molecule is CCC(C)C(NC)c1cc(Cl)c(OC)c(OC)c1. The Hall–Kier alpha value is -0.930. The molecule has 0 saturated carbocycles. The van der Waals surface area contributed by atoms with Crippen LogP contribution in [-0.4, -0.2) is 21.3 Å². The van der Waals surface area contributed by atoms with Crippen LogP contribution in [0.4, 0.5) is 0 Å². The zero-order valence-corrected chi connectivity index (χ0v) is 12.5. The molecular weight excluding hydrogens is 250 g/mol. The Kier molecular flexibility index (Phi) is 5.76. The third kappa shape index (κ3) is 3.09. The van der Waals surface area contributed by atoms with E-state index in [2.05, 4.69) is 19.2 Å². The Balaban J connectivity index is 3.20. The summed E-state index contributed by atoms with van der Waals surface area (Å²) in [7, 11) is 5.17. The zero-order valence-electron chi connectivity index (χ0n) is 11.7. The number of hydrogen-bond donors (Lipinski definition) is 1. The molecule has 1 rings (SSSR count). The average Bonchev–Trinajstić information content (AvgIpc) is 2.38. The predicted molar refractivity (Wildman–Crippen MR) is 75.8 cm³/mol. The summed E-state index contributed by atoms with van der Waals surface area (Å²) in [5.74, 6) is 1.77. The summed E-state index contributed by atoms with van der Waals surface area (Å²) in [6.07, 6.45) is 1.09. The van der Waals surface area contributed by atoms with Gasteiger partial charge in [0.05, 0.1) is 19.2 Å². The fraction of sp³-hybridized carbons (Fsp3) is 0.571. The molecule has 102 valence electrons. The van der Waals surface area contributed by atoms with Crippen LogP contribution in [0.5, 0.6) is 11.5 Å². The first-order chi connectivity index (χ1) is 8.58. The van der Waals surface area contributed by atoms with Crippen molar-refractivity contribution < 1.29 is 9.47 Å². The van der Waals surface area contributed by atoms with E-state index < -0.39 is 0 Å². The third-order valence-electron chi connectivity index (χ3n) is 3.34. The molecule has 0 saturated heterocycles. The molecule has 0 aliphatic heterocycles. The lowest BCUT2D eigenvalue weighted by molar-refractivity contribution is 0.351. The molecule has 18 heavy (non-hydrogen) atoms. The molecule has 0 spiro atoms. The van der Waals surface area contributed by atoms with Gasteiger partial charge < -0.3 is 14.8 Å². The summed E-state index contributed by atoms with van der Waals surface area (Å²) in [5, 5.41) is 3.91. The Bertz CT molecular complexity index is 396. The van der Waals surface area contributed by atoms with Crippen LogP contribution in [0.1, 0.15) is 31.9 Å². The fourth-order valence-corrected chi connectivity index (χ4v) is 2.43. The second kappa shape index (κ2) is 6.86. The molecule has 0 aromatic heterocycles. The van der Waals surface area contributed by atoms with Gasteiger partial charge in [0, 0.05) is 6.04 Å². The van der Waals surface area contributed by atoms with Gasteiger partial charge in [-0.15, -0.1) is 0 Å². The van der Waals surface area contributed by atoms with Gasteiger partial charge in [-0.1, -0.05) is 31.9 Å². The normalized spacial score (nSPS) is 14.1. The van der Waals surface area contributed by atoms with Crippen LogP contribution in [0.15, 0.2) is 12.1 Å². The first-order valence-electron chi connectivity index (χ1n) is 6.17.